The first-order valence-electron chi connectivity index (χ1n) is 4.60. The fraction of sp³-hybridized carbons (Fsp3) is 0.667. The lowest BCUT2D eigenvalue weighted by atomic mass is 9.46. The summed E-state index contributed by atoms with van der Waals surface area (Å²) in [5, 5.41) is 0. The van der Waals surface area contributed by atoms with Crippen molar-refractivity contribution in [1.82, 2.24) is 0 Å². The van der Waals surface area contributed by atoms with E-state index in [4.69, 9.17) is 0 Å². The Hall–Kier alpha value is -0.520. The number of hydrogen-bond donors (Lipinski definition) is 0. The Morgan fingerprint density at radius 3 is 1.58 bits per heavy atom. The molecule has 1 saturated carbocycles. The Kier molecular flexibility index (Phi) is 1.79. The molecule has 12 heavy (non-hydrogen) atoms. The van der Waals surface area contributed by atoms with Gasteiger partial charge in [0.15, 0.2) is 0 Å². The Balaban J connectivity index is 3.19. The normalized spacial score (nSPS) is 25.2. The van der Waals surface area contributed by atoms with Crippen molar-refractivity contribution in [2.45, 2.75) is 41.5 Å². The molecule has 0 heterocycles. The van der Waals surface area contributed by atoms with Crippen molar-refractivity contribution in [2.75, 3.05) is 0 Å². The van der Waals surface area contributed by atoms with E-state index < -0.39 is 0 Å². The molecule has 1 fully saturated rings. The van der Waals surface area contributed by atoms with E-state index in [1.807, 2.05) is 0 Å². The maximum absolute atomic E-state index is 4.15. The summed E-state index contributed by atoms with van der Waals surface area (Å²) in [6, 6.07) is 0. The predicted molar refractivity (Wildman–Crippen MR) is 55.1 cm³/mol. The van der Waals surface area contributed by atoms with Crippen molar-refractivity contribution in [2.24, 2.45) is 10.8 Å². The molecule has 0 radical (unpaired) electrons. The molecule has 0 heteroatoms. The van der Waals surface area contributed by atoms with E-state index in [0.29, 0.717) is 5.41 Å². The predicted octanol–water partition coefficient (Wildman–Crippen LogP) is 3.95. The molecule has 0 spiro atoms. The quantitative estimate of drug-likeness (QED) is 0.508. The van der Waals surface area contributed by atoms with Gasteiger partial charge in [-0.15, -0.1) is 0 Å². The van der Waals surface area contributed by atoms with E-state index in [0.717, 1.165) is 0 Å². The van der Waals surface area contributed by atoms with Crippen molar-refractivity contribution in [3.05, 3.63) is 23.3 Å². The van der Waals surface area contributed by atoms with Crippen LogP contribution in [-0.4, -0.2) is 0 Å². The molecule has 0 atom stereocenters. The average molecular weight is 164 g/mol. The first-order valence-corrected chi connectivity index (χ1v) is 4.60. The van der Waals surface area contributed by atoms with Crippen LogP contribution >= 0.6 is 0 Å². The SMILES string of the molecule is C=C1C(=C(C)C)C(C)(C)C1(C)C. The topological polar surface area (TPSA) is 0 Å². The molecule has 0 aromatic rings. The van der Waals surface area contributed by atoms with Gasteiger partial charge in [-0.2, -0.15) is 0 Å². The van der Waals surface area contributed by atoms with Gasteiger partial charge in [0, 0.05) is 0 Å². The third-order valence-corrected chi connectivity index (χ3v) is 3.74. The van der Waals surface area contributed by atoms with Crippen LogP contribution in [0.4, 0.5) is 0 Å². The second-order valence-electron chi connectivity index (χ2n) is 5.10. The lowest BCUT2D eigenvalue weighted by Gasteiger charge is -2.57. The van der Waals surface area contributed by atoms with Crippen LogP contribution < -0.4 is 0 Å². The van der Waals surface area contributed by atoms with Crippen LogP contribution in [0.3, 0.4) is 0 Å². The van der Waals surface area contributed by atoms with Crippen molar-refractivity contribution in [3.8, 4) is 0 Å². The molecule has 1 aliphatic rings. The zero-order valence-electron chi connectivity index (χ0n) is 9.21. The van der Waals surface area contributed by atoms with Crippen LogP contribution in [0.15, 0.2) is 23.3 Å². The summed E-state index contributed by atoms with van der Waals surface area (Å²) in [5.74, 6) is 0. The molecule has 0 nitrogen and oxygen atoms in total. The molecule has 0 N–H and O–H groups in total. The first-order chi connectivity index (χ1) is 5.23. The molecule has 68 valence electrons. The van der Waals surface area contributed by atoms with Crippen LogP contribution in [0.25, 0.3) is 0 Å². The Morgan fingerprint density at radius 2 is 1.42 bits per heavy atom. The molecule has 0 aromatic heterocycles. The summed E-state index contributed by atoms with van der Waals surface area (Å²) in [5.41, 5.74) is 4.81. The lowest BCUT2D eigenvalue weighted by molar-refractivity contribution is 0.136. The van der Waals surface area contributed by atoms with Crippen molar-refractivity contribution < 1.29 is 0 Å². The van der Waals surface area contributed by atoms with E-state index in [1.54, 1.807) is 0 Å². The van der Waals surface area contributed by atoms with Crippen molar-refractivity contribution in [3.63, 3.8) is 0 Å². The van der Waals surface area contributed by atoms with Crippen molar-refractivity contribution >= 4 is 0 Å². The Morgan fingerprint density at radius 1 is 1.00 bits per heavy atom. The Bertz CT molecular complexity index is 258. The van der Waals surface area contributed by atoms with Gasteiger partial charge in [-0.25, -0.2) is 0 Å². The number of rotatable bonds is 0. The van der Waals surface area contributed by atoms with Crippen LogP contribution in [0.2, 0.25) is 0 Å². The van der Waals surface area contributed by atoms with E-state index in [9.17, 15) is 0 Å². The molecule has 0 amide bonds. The second-order valence-corrected chi connectivity index (χ2v) is 5.10. The minimum Gasteiger partial charge on any atom is -0.0950 e. The van der Waals surface area contributed by atoms with Gasteiger partial charge in [-0.3, -0.25) is 0 Å². The number of hydrogen-bond acceptors (Lipinski definition) is 0. The monoisotopic (exact) mass is 164 g/mol. The fourth-order valence-electron chi connectivity index (χ4n) is 2.24. The molecular weight excluding hydrogens is 144 g/mol. The molecule has 0 aliphatic heterocycles. The summed E-state index contributed by atoms with van der Waals surface area (Å²) in [6.07, 6.45) is 0. The lowest BCUT2D eigenvalue weighted by Crippen LogP contribution is -2.47. The maximum Gasteiger partial charge on any atom is -0.00101 e. The van der Waals surface area contributed by atoms with Gasteiger partial charge in [0.25, 0.3) is 0 Å². The van der Waals surface area contributed by atoms with E-state index in [1.165, 1.54) is 16.7 Å². The summed E-state index contributed by atoms with van der Waals surface area (Å²) in [6.45, 7) is 17.7. The smallest absolute Gasteiger partial charge is 0.00101 e. The van der Waals surface area contributed by atoms with E-state index in [-0.39, 0.29) is 5.41 Å². The van der Waals surface area contributed by atoms with Gasteiger partial charge in [0.1, 0.15) is 0 Å². The minimum atomic E-state index is 0.277. The Labute approximate surface area is 76.4 Å². The third kappa shape index (κ3) is 0.840. The summed E-state index contributed by atoms with van der Waals surface area (Å²) in [7, 11) is 0. The highest BCUT2D eigenvalue weighted by molar-refractivity contribution is 5.53. The summed E-state index contributed by atoms with van der Waals surface area (Å²) >= 11 is 0. The third-order valence-electron chi connectivity index (χ3n) is 3.74. The molecule has 0 aromatic carbocycles. The highest BCUT2D eigenvalue weighted by atomic mass is 14.6. The van der Waals surface area contributed by atoms with E-state index >= 15 is 0 Å². The highest BCUT2D eigenvalue weighted by Crippen LogP contribution is 2.63. The second kappa shape index (κ2) is 2.25. The highest BCUT2D eigenvalue weighted by Gasteiger charge is 2.53. The molecule has 1 aliphatic carbocycles. The zero-order valence-corrected chi connectivity index (χ0v) is 9.21. The van der Waals surface area contributed by atoms with Crippen LogP contribution in [0, 0.1) is 10.8 Å². The van der Waals surface area contributed by atoms with Crippen molar-refractivity contribution in [1.29, 1.82) is 0 Å². The minimum absolute atomic E-state index is 0.277. The van der Waals surface area contributed by atoms with Crippen LogP contribution in [0.1, 0.15) is 41.5 Å². The van der Waals surface area contributed by atoms with Gasteiger partial charge in [-0.1, -0.05) is 39.8 Å². The summed E-state index contributed by atoms with van der Waals surface area (Å²) in [4.78, 5) is 0. The van der Waals surface area contributed by atoms with E-state index in [2.05, 4.69) is 48.1 Å². The average Bonchev–Trinajstić information content (AvgIpc) is 1.85. The standard InChI is InChI=1S/C12H20/c1-8(2)10-9(3)11(4,5)12(10,6)7/h3H2,1-2,4-7H3. The van der Waals surface area contributed by atoms with Gasteiger partial charge in [0.05, 0.1) is 0 Å². The zero-order chi connectivity index (χ0) is 9.73. The largest absolute Gasteiger partial charge is 0.0950 e. The molecular formula is C12H20. The van der Waals surface area contributed by atoms with Gasteiger partial charge in [0.2, 0.25) is 0 Å². The fourth-order valence-corrected chi connectivity index (χ4v) is 2.24. The van der Waals surface area contributed by atoms with Gasteiger partial charge < -0.3 is 0 Å². The summed E-state index contributed by atoms with van der Waals surface area (Å²) < 4.78 is 0. The molecule has 0 saturated heterocycles. The van der Waals surface area contributed by atoms with Gasteiger partial charge >= 0.3 is 0 Å². The van der Waals surface area contributed by atoms with Gasteiger partial charge in [-0.05, 0) is 35.8 Å². The molecule has 0 unspecified atom stereocenters. The first kappa shape index (κ1) is 9.57. The number of allylic oxidation sites excluding steroid dienone is 3. The van der Waals surface area contributed by atoms with Crippen LogP contribution in [0.5, 0.6) is 0 Å². The molecule has 1 rings (SSSR count). The maximum atomic E-state index is 4.15. The molecule has 0 bridgehead atoms. The van der Waals surface area contributed by atoms with Crippen LogP contribution in [-0.2, 0) is 0 Å².